The van der Waals surface area contributed by atoms with Crippen LogP contribution < -0.4 is 5.32 Å². The van der Waals surface area contributed by atoms with Gasteiger partial charge < -0.3 is 10.1 Å². The van der Waals surface area contributed by atoms with Crippen LogP contribution in [-0.4, -0.2) is 28.7 Å². The normalized spacial score (nSPS) is 14.0. The maximum absolute atomic E-state index is 14.4. The lowest BCUT2D eigenvalue weighted by atomic mass is 10.1. The highest BCUT2D eigenvalue weighted by Crippen LogP contribution is 2.35. The van der Waals surface area contributed by atoms with Crippen molar-refractivity contribution in [2.75, 3.05) is 6.54 Å². The van der Waals surface area contributed by atoms with Crippen LogP contribution in [0.2, 0.25) is 5.02 Å². The van der Waals surface area contributed by atoms with Crippen molar-refractivity contribution in [2.24, 2.45) is 0 Å². The Balaban J connectivity index is 2.25. The molecule has 0 radical (unpaired) electrons. The van der Waals surface area contributed by atoms with Gasteiger partial charge in [0.25, 0.3) is 5.91 Å². The highest BCUT2D eigenvalue weighted by Gasteiger charge is 2.31. The highest BCUT2D eigenvalue weighted by atomic mass is 35.5. The van der Waals surface area contributed by atoms with Gasteiger partial charge in [0, 0.05) is 18.7 Å². The standard InChI is InChI=1S/C18H18ClFN2O3/c1-18(2,3)25-17(24)22-13-7-8-21-16(23)10(13)9-14(22)15-11(19)5-4-6-12(15)20/h4-6,9H,7-8H2,1-3H3,(H,21,23). The second-order valence-corrected chi connectivity index (χ2v) is 7.22. The molecule has 1 aliphatic rings. The molecule has 0 saturated carbocycles. The number of carbonyl (C=O) groups excluding carboxylic acids is 2. The van der Waals surface area contributed by atoms with Crippen LogP contribution in [0, 0.1) is 5.82 Å². The molecular weight excluding hydrogens is 347 g/mol. The van der Waals surface area contributed by atoms with Crippen molar-refractivity contribution in [3.05, 3.63) is 46.4 Å². The Bertz CT molecular complexity index is 848. The smallest absolute Gasteiger partial charge is 0.419 e. The van der Waals surface area contributed by atoms with Crippen LogP contribution in [0.5, 0.6) is 0 Å². The Morgan fingerprint density at radius 3 is 2.72 bits per heavy atom. The van der Waals surface area contributed by atoms with Crippen molar-refractivity contribution >= 4 is 23.6 Å². The molecule has 2 aromatic rings. The summed E-state index contributed by atoms with van der Waals surface area (Å²) in [5, 5.41) is 2.87. The molecule has 7 heteroatoms. The summed E-state index contributed by atoms with van der Waals surface area (Å²) < 4.78 is 21.1. The highest BCUT2D eigenvalue weighted by molar-refractivity contribution is 6.33. The molecule has 132 valence electrons. The van der Waals surface area contributed by atoms with Crippen molar-refractivity contribution in [2.45, 2.75) is 32.8 Å². The number of nitrogens with zero attached hydrogens (tertiary/aromatic N) is 1. The van der Waals surface area contributed by atoms with Crippen LogP contribution in [0.4, 0.5) is 9.18 Å². The molecule has 1 aliphatic heterocycles. The van der Waals surface area contributed by atoms with Gasteiger partial charge in [-0.3, -0.25) is 4.79 Å². The molecule has 0 saturated heterocycles. The average molecular weight is 365 g/mol. The number of hydrogen-bond donors (Lipinski definition) is 1. The third-order valence-corrected chi connectivity index (χ3v) is 4.10. The number of halogens is 2. The van der Waals surface area contributed by atoms with Gasteiger partial charge in [-0.1, -0.05) is 17.7 Å². The minimum absolute atomic E-state index is 0.0669. The minimum Gasteiger partial charge on any atom is -0.443 e. The molecule has 1 aromatic heterocycles. The lowest BCUT2D eigenvalue weighted by molar-refractivity contribution is 0.0535. The summed E-state index contributed by atoms with van der Waals surface area (Å²) in [5.41, 5.74) is 0.358. The number of carbonyl (C=O) groups is 2. The molecule has 1 aromatic carbocycles. The number of rotatable bonds is 1. The fourth-order valence-corrected chi connectivity index (χ4v) is 3.09. The third-order valence-electron chi connectivity index (χ3n) is 3.79. The molecular formula is C18H18ClFN2O3. The monoisotopic (exact) mass is 364 g/mol. The maximum atomic E-state index is 14.4. The molecule has 0 fully saturated rings. The Morgan fingerprint density at radius 2 is 2.08 bits per heavy atom. The van der Waals surface area contributed by atoms with Gasteiger partial charge in [0.2, 0.25) is 0 Å². The predicted molar refractivity (Wildman–Crippen MR) is 92.5 cm³/mol. The summed E-state index contributed by atoms with van der Waals surface area (Å²) >= 11 is 6.17. The fourth-order valence-electron chi connectivity index (χ4n) is 2.83. The predicted octanol–water partition coefficient (Wildman–Crippen LogP) is 4.02. The van der Waals surface area contributed by atoms with Crippen molar-refractivity contribution in [3.63, 3.8) is 0 Å². The summed E-state index contributed by atoms with van der Waals surface area (Å²) in [6.07, 6.45) is -0.232. The van der Waals surface area contributed by atoms with Crippen LogP contribution in [0.3, 0.4) is 0 Å². The van der Waals surface area contributed by atoms with Crippen LogP contribution in [0.15, 0.2) is 24.3 Å². The topological polar surface area (TPSA) is 60.3 Å². The Kier molecular flexibility index (Phi) is 4.33. The van der Waals surface area contributed by atoms with E-state index in [4.69, 9.17) is 16.3 Å². The molecule has 2 heterocycles. The van der Waals surface area contributed by atoms with Crippen LogP contribution in [0.1, 0.15) is 36.8 Å². The van der Waals surface area contributed by atoms with E-state index in [1.807, 2.05) is 0 Å². The van der Waals surface area contributed by atoms with Gasteiger partial charge in [0.1, 0.15) is 11.4 Å². The zero-order valence-corrected chi connectivity index (χ0v) is 14.9. The van der Waals surface area contributed by atoms with E-state index >= 15 is 0 Å². The van der Waals surface area contributed by atoms with E-state index in [-0.39, 0.29) is 22.2 Å². The first kappa shape index (κ1) is 17.5. The van der Waals surface area contributed by atoms with E-state index in [1.165, 1.54) is 28.8 Å². The number of fused-ring (bicyclic) bond motifs is 1. The van der Waals surface area contributed by atoms with E-state index in [9.17, 15) is 14.0 Å². The van der Waals surface area contributed by atoms with E-state index in [1.54, 1.807) is 20.8 Å². The Hall–Kier alpha value is -2.34. The summed E-state index contributed by atoms with van der Waals surface area (Å²) in [5.74, 6) is -0.884. The largest absolute Gasteiger partial charge is 0.443 e. The first-order valence-corrected chi connectivity index (χ1v) is 8.27. The third kappa shape index (κ3) is 3.26. The molecule has 5 nitrogen and oxygen atoms in total. The van der Waals surface area contributed by atoms with Gasteiger partial charge in [-0.25, -0.2) is 13.8 Å². The van der Waals surface area contributed by atoms with Gasteiger partial charge in [0.15, 0.2) is 0 Å². The van der Waals surface area contributed by atoms with Gasteiger partial charge in [0.05, 0.1) is 21.8 Å². The summed E-state index contributed by atoms with van der Waals surface area (Å²) in [6.45, 7) is 5.61. The zero-order valence-electron chi connectivity index (χ0n) is 14.2. The van der Waals surface area contributed by atoms with Gasteiger partial charge in [-0.2, -0.15) is 0 Å². The molecule has 0 aliphatic carbocycles. The lowest BCUT2D eigenvalue weighted by Crippen LogP contribution is -2.34. The van der Waals surface area contributed by atoms with Crippen LogP contribution in [0.25, 0.3) is 11.3 Å². The molecule has 3 rings (SSSR count). The van der Waals surface area contributed by atoms with Crippen LogP contribution in [-0.2, 0) is 11.2 Å². The fraction of sp³-hybridized carbons (Fsp3) is 0.333. The quantitative estimate of drug-likeness (QED) is 0.831. The zero-order chi connectivity index (χ0) is 18.4. The molecule has 0 atom stereocenters. The van der Waals surface area contributed by atoms with E-state index < -0.39 is 17.5 Å². The molecule has 0 unspecified atom stereocenters. The molecule has 0 bridgehead atoms. The SMILES string of the molecule is CC(C)(C)OC(=O)n1c(-c2c(F)cccc2Cl)cc2c1CCNC2=O. The average Bonchev–Trinajstić information content (AvgIpc) is 2.86. The number of aromatic nitrogens is 1. The first-order chi connectivity index (χ1) is 11.7. The maximum Gasteiger partial charge on any atom is 0.419 e. The van der Waals surface area contributed by atoms with Gasteiger partial charge in [-0.05, 0) is 39.0 Å². The van der Waals surface area contributed by atoms with Crippen LogP contribution >= 0.6 is 11.6 Å². The van der Waals surface area contributed by atoms with Crippen molar-refractivity contribution < 1.29 is 18.7 Å². The lowest BCUT2D eigenvalue weighted by Gasteiger charge is -2.23. The molecule has 25 heavy (non-hydrogen) atoms. The molecule has 1 amide bonds. The summed E-state index contributed by atoms with van der Waals surface area (Å²) in [6, 6.07) is 5.75. The van der Waals surface area contributed by atoms with Gasteiger partial charge >= 0.3 is 6.09 Å². The molecule has 0 spiro atoms. The minimum atomic E-state index is -0.735. The van der Waals surface area contributed by atoms with Gasteiger partial charge in [-0.15, -0.1) is 0 Å². The number of ether oxygens (including phenoxy) is 1. The Morgan fingerprint density at radius 1 is 1.36 bits per heavy atom. The van der Waals surface area contributed by atoms with E-state index in [0.717, 1.165) is 0 Å². The van der Waals surface area contributed by atoms with E-state index in [2.05, 4.69) is 5.32 Å². The second-order valence-electron chi connectivity index (χ2n) is 6.81. The Labute approximate surface area is 149 Å². The number of benzene rings is 1. The summed E-state index contributed by atoms with van der Waals surface area (Å²) in [4.78, 5) is 24.9. The van der Waals surface area contributed by atoms with Crippen molar-refractivity contribution in [1.82, 2.24) is 9.88 Å². The number of hydrogen-bond acceptors (Lipinski definition) is 3. The first-order valence-electron chi connectivity index (χ1n) is 7.89. The second kappa shape index (κ2) is 6.19. The van der Waals surface area contributed by atoms with Crippen molar-refractivity contribution in [1.29, 1.82) is 0 Å². The molecule has 1 N–H and O–H groups in total. The van der Waals surface area contributed by atoms with Crippen molar-refractivity contribution in [3.8, 4) is 11.3 Å². The summed E-state index contributed by atoms with van der Waals surface area (Å²) in [7, 11) is 0. The number of nitrogens with one attached hydrogen (secondary N) is 1. The number of amides is 1. The van der Waals surface area contributed by atoms with E-state index in [0.29, 0.717) is 24.2 Å².